The van der Waals surface area contributed by atoms with Gasteiger partial charge < -0.3 is 14.2 Å². The smallest absolute Gasteiger partial charge is 0.338 e. The van der Waals surface area contributed by atoms with Crippen LogP contribution in [0.4, 0.5) is 5.69 Å². The Hall–Kier alpha value is -3.87. The summed E-state index contributed by atoms with van der Waals surface area (Å²) in [5.74, 6) is 0.820. The van der Waals surface area contributed by atoms with Crippen LogP contribution in [0, 0.1) is 10.1 Å². The molecule has 0 saturated carbocycles. The highest BCUT2D eigenvalue weighted by atomic mass is 16.6. The Balaban J connectivity index is 1.53. The third kappa shape index (κ3) is 5.32. The van der Waals surface area contributed by atoms with Crippen molar-refractivity contribution in [3.63, 3.8) is 0 Å². The van der Waals surface area contributed by atoms with E-state index in [4.69, 9.17) is 14.2 Å². The predicted molar refractivity (Wildman–Crippen MR) is 106 cm³/mol. The minimum absolute atomic E-state index is 0.00833. The monoisotopic (exact) mass is 393 g/mol. The van der Waals surface area contributed by atoms with Crippen molar-refractivity contribution >= 4 is 11.7 Å². The van der Waals surface area contributed by atoms with Crippen molar-refractivity contribution in [2.75, 3.05) is 7.11 Å². The van der Waals surface area contributed by atoms with E-state index in [-0.39, 0.29) is 12.3 Å². The van der Waals surface area contributed by atoms with Crippen LogP contribution in [0.2, 0.25) is 0 Å². The molecule has 0 atom stereocenters. The summed E-state index contributed by atoms with van der Waals surface area (Å²) in [5.41, 5.74) is 1.97. The number of nitrogens with zero attached hydrogens (tertiary/aromatic N) is 1. The zero-order chi connectivity index (χ0) is 20.6. The van der Waals surface area contributed by atoms with Crippen LogP contribution in [-0.4, -0.2) is 18.0 Å². The summed E-state index contributed by atoms with van der Waals surface area (Å²) in [6.07, 6.45) is 0. The van der Waals surface area contributed by atoms with E-state index in [1.54, 1.807) is 43.5 Å². The number of benzene rings is 3. The van der Waals surface area contributed by atoms with E-state index in [2.05, 4.69) is 0 Å². The molecule has 3 rings (SSSR count). The van der Waals surface area contributed by atoms with Gasteiger partial charge >= 0.3 is 5.97 Å². The number of rotatable bonds is 8. The van der Waals surface area contributed by atoms with Gasteiger partial charge in [0.25, 0.3) is 5.69 Å². The number of hydrogen-bond acceptors (Lipinski definition) is 6. The second-order valence-corrected chi connectivity index (χ2v) is 6.14. The summed E-state index contributed by atoms with van der Waals surface area (Å²) >= 11 is 0. The van der Waals surface area contributed by atoms with Gasteiger partial charge in [-0.15, -0.1) is 0 Å². The number of non-ortho nitro benzene ring substituents is 1. The topological polar surface area (TPSA) is 87.9 Å². The number of para-hydroxylation sites is 2. The Bertz CT molecular complexity index is 983. The first-order valence-electron chi connectivity index (χ1n) is 8.82. The van der Waals surface area contributed by atoms with E-state index in [1.165, 1.54) is 12.1 Å². The van der Waals surface area contributed by atoms with Crippen molar-refractivity contribution in [1.29, 1.82) is 0 Å². The molecule has 0 bridgehead atoms. The lowest BCUT2D eigenvalue weighted by Gasteiger charge is -2.10. The number of esters is 1. The fraction of sp³-hybridized carbons (Fsp3) is 0.136. The maximum absolute atomic E-state index is 12.2. The van der Waals surface area contributed by atoms with Gasteiger partial charge in [0.05, 0.1) is 17.6 Å². The fourth-order valence-electron chi connectivity index (χ4n) is 2.58. The van der Waals surface area contributed by atoms with Gasteiger partial charge in [0.15, 0.2) is 11.5 Å². The summed E-state index contributed by atoms with van der Waals surface area (Å²) in [4.78, 5) is 22.4. The number of carbonyl (C=O) groups excluding carboxylic acids is 1. The molecule has 7 heteroatoms. The molecule has 0 spiro atoms. The molecule has 0 saturated heterocycles. The Labute approximate surface area is 167 Å². The molecule has 0 N–H and O–H groups in total. The Morgan fingerprint density at radius 1 is 0.862 bits per heavy atom. The number of ether oxygens (including phenoxy) is 3. The molecular weight excluding hydrogens is 374 g/mol. The molecule has 0 aliphatic carbocycles. The highest BCUT2D eigenvalue weighted by Gasteiger charge is 2.10. The molecule has 0 heterocycles. The van der Waals surface area contributed by atoms with Gasteiger partial charge in [-0.05, 0) is 47.5 Å². The first kappa shape index (κ1) is 19.9. The van der Waals surface area contributed by atoms with Crippen molar-refractivity contribution in [3.05, 3.63) is 99.6 Å². The van der Waals surface area contributed by atoms with Crippen molar-refractivity contribution < 1.29 is 23.9 Å². The van der Waals surface area contributed by atoms with Crippen molar-refractivity contribution in [3.8, 4) is 11.5 Å². The maximum atomic E-state index is 12.2. The van der Waals surface area contributed by atoms with Crippen LogP contribution in [0.1, 0.15) is 21.5 Å². The van der Waals surface area contributed by atoms with E-state index in [0.29, 0.717) is 29.2 Å². The summed E-state index contributed by atoms with van der Waals surface area (Å²) in [7, 11) is 1.58. The number of hydrogen-bond donors (Lipinski definition) is 0. The van der Waals surface area contributed by atoms with E-state index < -0.39 is 10.9 Å². The lowest BCUT2D eigenvalue weighted by molar-refractivity contribution is -0.384. The van der Waals surface area contributed by atoms with Crippen LogP contribution in [0.25, 0.3) is 0 Å². The molecule has 0 aliphatic rings. The van der Waals surface area contributed by atoms with Crippen molar-refractivity contribution in [2.24, 2.45) is 0 Å². The number of carbonyl (C=O) groups is 1. The van der Waals surface area contributed by atoms with Crippen molar-refractivity contribution in [1.82, 2.24) is 0 Å². The lowest BCUT2D eigenvalue weighted by Crippen LogP contribution is -2.06. The van der Waals surface area contributed by atoms with Crippen LogP contribution in [0.15, 0.2) is 72.8 Å². The zero-order valence-electron chi connectivity index (χ0n) is 15.7. The summed E-state index contributed by atoms with van der Waals surface area (Å²) < 4.78 is 16.3. The largest absolute Gasteiger partial charge is 0.493 e. The predicted octanol–water partition coefficient (Wildman–Crippen LogP) is 4.54. The van der Waals surface area contributed by atoms with Gasteiger partial charge in [0.1, 0.15) is 13.2 Å². The highest BCUT2D eigenvalue weighted by molar-refractivity contribution is 5.89. The molecular formula is C22H19NO6. The first-order valence-corrected chi connectivity index (χ1v) is 8.82. The van der Waals surface area contributed by atoms with Crippen molar-refractivity contribution in [2.45, 2.75) is 13.2 Å². The Morgan fingerprint density at radius 3 is 2.07 bits per heavy atom. The van der Waals surface area contributed by atoms with Gasteiger partial charge in [0, 0.05) is 12.1 Å². The highest BCUT2D eigenvalue weighted by Crippen LogP contribution is 2.26. The van der Waals surface area contributed by atoms with Gasteiger partial charge in [-0.2, -0.15) is 0 Å². The summed E-state index contributed by atoms with van der Waals surface area (Å²) in [6.45, 7) is 0.369. The Kier molecular flexibility index (Phi) is 6.42. The molecule has 0 unspecified atom stereocenters. The average molecular weight is 393 g/mol. The summed E-state index contributed by atoms with van der Waals surface area (Å²) in [5, 5.41) is 10.7. The minimum Gasteiger partial charge on any atom is -0.493 e. The molecule has 3 aromatic rings. The van der Waals surface area contributed by atoms with Crippen LogP contribution < -0.4 is 9.47 Å². The lowest BCUT2D eigenvalue weighted by atomic mass is 10.1. The zero-order valence-corrected chi connectivity index (χ0v) is 15.7. The van der Waals surface area contributed by atoms with Gasteiger partial charge in [-0.25, -0.2) is 4.79 Å². The minimum atomic E-state index is -0.477. The third-order valence-corrected chi connectivity index (χ3v) is 4.17. The average Bonchev–Trinajstić information content (AvgIpc) is 2.76. The summed E-state index contributed by atoms with van der Waals surface area (Å²) in [6, 6.07) is 20.1. The van der Waals surface area contributed by atoms with E-state index >= 15 is 0 Å². The molecule has 7 nitrogen and oxygen atoms in total. The molecule has 0 fully saturated rings. The molecule has 0 aromatic heterocycles. The normalized spacial score (nSPS) is 10.2. The van der Waals surface area contributed by atoms with Gasteiger partial charge in [-0.1, -0.05) is 24.3 Å². The molecule has 3 aromatic carbocycles. The Morgan fingerprint density at radius 2 is 1.45 bits per heavy atom. The SMILES string of the molecule is COc1ccccc1OCc1ccc(C(=O)OCc2ccc([N+](=O)[O-])cc2)cc1. The fourth-order valence-corrected chi connectivity index (χ4v) is 2.58. The quantitative estimate of drug-likeness (QED) is 0.317. The third-order valence-electron chi connectivity index (χ3n) is 4.17. The molecule has 0 aliphatic heterocycles. The number of nitro groups is 1. The molecule has 29 heavy (non-hydrogen) atoms. The second-order valence-electron chi connectivity index (χ2n) is 6.14. The van der Waals surface area contributed by atoms with Gasteiger partial charge in [0.2, 0.25) is 0 Å². The van der Waals surface area contributed by atoms with E-state index in [9.17, 15) is 14.9 Å². The number of methoxy groups -OCH3 is 1. The maximum Gasteiger partial charge on any atom is 0.338 e. The van der Waals surface area contributed by atoms with E-state index in [1.807, 2.05) is 24.3 Å². The van der Waals surface area contributed by atoms with E-state index in [0.717, 1.165) is 5.56 Å². The van der Waals surface area contributed by atoms with Gasteiger partial charge in [-0.3, -0.25) is 10.1 Å². The van der Waals surface area contributed by atoms with Crippen LogP contribution in [0.5, 0.6) is 11.5 Å². The van der Waals surface area contributed by atoms with Crippen LogP contribution in [0.3, 0.4) is 0 Å². The molecule has 148 valence electrons. The second kappa shape index (κ2) is 9.36. The van der Waals surface area contributed by atoms with Crippen LogP contribution >= 0.6 is 0 Å². The number of nitro benzene ring substituents is 1. The standard InChI is InChI=1S/C22H19NO6/c1-27-20-4-2-3-5-21(20)28-14-16-6-10-18(11-7-16)22(24)29-15-17-8-12-19(13-9-17)23(25)26/h2-13H,14-15H2,1H3. The first-order chi connectivity index (χ1) is 14.1. The molecule has 0 amide bonds. The molecule has 0 radical (unpaired) electrons. The van der Waals surface area contributed by atoms with Crippen LogP contribution in [-0.2, 0) is 18.0 Å².